The lowest BCUT2D eigenvalue weighted by Crippen LogP contribution is -2.39. The monoisotopic (exact) mass is 357 g/mol. The molecule has 8 heteroatoms. The molecule has 1 aromatic carbocycles. The Morgan fingerprint density at radius 1 is 1.15 bits per heavy atom. The quantitative estimate of drug-likeness (QED) is 0.756. The molecule has 0 aliphatic carbocycles. The van der Waals surface area contributed by atoms with Crippen molar-refractivity contribution in [3.8, 4) is 11.4 Å². The van der Waals surface area contributed by atoms with E-state index in [0.29, 0.717) is 13.1 Å². The first-order chi connectivity index (χ1) is 12.6. The van der Waals surface area contributed by atoms with Crippen LogP contribution in [0.3, 0.4) is 0 Å². The molecule has 1 aliphatic heterocycles. The Kier molecular flexibility index (Phi) is 4.24. The van der Waals surface area contributed by atoms with E-state index in [1.165, 1.54) is 6.07 Å². The summed E-state index contributed by atoms with van der Waals surface area (Å²) in [6.45, 7) is 1.10. The smallest absolute Gasteiger partial charge is 0.253 e. The molecular weight excluding hydrogens is 340 g/mol. The number of benzene rings is 1. The molecule has 3 aromatic rings. The van der Waals surface area contributed by atoms with Crippen molar-refractivity contribution in [2.24, 2.45) is 0 Å². The molecule has 6 nitrogen and oxygen atoms in total. The number of amides is 1. The Bertz CT molecular complexity index is 922. The highest BCUT2D eigenvalue weighted by molar-refractivity contribution is 5.94. The second-order valence-electron chi connectivity index (χ2n) is 6.40. The first-order valence-electron chi connectivity index (χ1n) is 8.41. The largest absolute Gasteiger partial charge is 0.338 e. The van der Waals surface area contributed by atoms with Crippen LogP contribution in [0.4, 0.5) is 8.78 Å². The van der Waals surface area contributed by atoms with Crippen LogP contribution in [0.25, 0.3) is 11.4 Å². The molecule has 1 unspecified atom stereocenters. The van der Waals surface area contributed by atoms with Crippen molar-refractivity contribution in [1.82, 2.24) is 25.3 Å². The molecule has 2 aromatic heterocycles. The number of aromatic amines is 2. The average Bonchev–Trinajstić information content (AvgIpc) is 3.35. The zero-order valence-electron chi connectivity index (χ0n) is 13.9. The molecular formula is C18H17F2N5O. The van der Waals surface area contributed by atoms with Crippen LogP contribution in [0.2, 0.25) is 0 Å². The van der Waals surface area contributed by atoms with E-state index in [2.05, 4.69) is 20.4 Å². The van der Waals surface area contributed by atoms with Crippen molar-refractivity contribution in [3.63, 3.8) is 0 Å². The van der Waals surface area contributed by atoms with Crippen molar-refractivity contribution in [2.45, 2.75) is 18.8 Å². The number of likely N-dealkylation sites (tertiary alicyclic amines) is 1. The van der Waals surface area contributed by atoms with E-state index >= 15 is 0 Å². The van der Waals surface area contributed by atoms with E-state index in [4.69, 9.17) is 0 Å². The lowest BCUT2D eigenvalue weighted by atomic mass is 9.94. The number of H-pyrrole nitrogens is 2. The summed E-state index contributed by atoms with van der Waals surface area (Å²) in [5, 5.41) is 14.1. The van der Waals surface area contributed by atoms with E-state index in [1.807, 2.05) is 12.1 Å². The number of carbonyl (C=O) groups excluding carboxylic acids is 1. The molecule has 1 fully saturated rings. The van der Waals surface area contributed by atoms with Gasteiger partial charge in [-0.15, -0.1) is 0 Å². The van der Waals surface area contributed by atoms with Gasteiger partial charge in [0.25, 0.3) is 5.91 Å². The fourth-order valence-electron chi connectivity index (χ4n) is 3.31. The van der Waals surface area contributed by atoms with Crippen LogP contribution in [0.1, 0.15) is 34.8 Å². The number of nitrogens with zero attached hydrogens (tertiary/aromatic N) is 3. The highest BCUT2D eigenvalue weighted by Crippen LogP contribution is 2.28. The number of rotatable bonds is 3. The second-order valence-corrected chi connectivity index (χ2v) is 6.40. The third-order valence-corrected chi connectivity index (χ3v) is 4.69. The fraction of sp³-hybridized carbons (Fsp3) is 0.278. The highest BCUT2D eigenvalue weighted by Gasteiger charge is 2.27. The maximum Gasteiger partial charge on any atom is 0.253 e. The van der Waals surface area contributed by atoms with E-state index in [0.717, 1.165) is 42.1 Å². The molecule has 0 spiro atoms. The van der Waals surface area contributed by atoms with Crippen molar-refractivity contribution >= 4 is 5.91 Å². The lowest BCUT2D eigenvalue weighted by molar-refractivity contribution is 0.0705. The van der Waals surface area contributed by atoms with Crippen LogP contribution in [0.15, 0.2) is 36.5 Å². The van der Waals surface area contributed by atoms with Crippen LogP contribution in [-0.4, -0.2) is 44.3 Å². The third kappa shape index (κ3) is 3.10. The van der Waals surface area contributed by atoms with Crippen LogP contribution >= 0.6 is 0 Å². The fourth-order valence-corrected chi connectivity index (χ4v) is 3.31. The molecule has 4 rings (SSSR count). The zero-order valence-corrected chi connectivity index (χ0v) is 13.9. The van der Waals surface area contributed by atoms with Crippen LogP contribution < -0.4 is 0 Å². The molecule has 2 N–H and O–H groups in total. The van der Waals surface area contributed by atoms with Gasteiger partial charge in [-0.05, 0) is 43.2 Å². The van der Waals surface area contributed by atoms with Gasteiger partial charge in [0.2, 0.25) is 0 Å². The summed E-state index contributed by atoms with van der Waals surface area (Å²) in [7, 11) is 0. The highest BCUT2D eigenvalue weighted by atomic mass is 19.2. The zero-order chi connectivity index (χ0) is 18.1. The Morgan fingerprint density at radius 2 is 2.04 bits per heavy atom. The summed E-state index contributed by atoms with van der Waals surface area (Å²) in [6, 6.07) is 7.03. The van der Waals surface area contributed by atoms with E-state index in [1.54, 1.807) is 11.1 Å². The van der Waals surface area contributed by atoms with Gasteiger partial charge in [0.1, 0.15) is 5.69 Å². The van der Waals surface area contributed by atoms with Gasteiger partial charge in [-0.25, -0.2) is 8.78 Å². The van der Waals surface area contributed by atoms with E-state index in [9.17, 15) is 13.6 Å². The summed E-state index contributed by atoms with van der Waals surface area (Å²) < 4.78 is 26.5. The van der Waals surface area contributed by atoms with Gasteiger partial charge >= 0.3 is 0 Å². The van der Waals surface area contributed by atoms with E-state index < -0.39 is 11.6 Å². The number of hydrogen-bond acceptors (Lipinski definition) is 3. The van der Waals surface area contributed by atoms with Gasteiger partial charge < -0.3 is 4.90 Å². The molecule has 0 radical (unpaired) electrons. The average molecular weight is 357 g/mol. The molecule has 0 saturated carbocycles. The first kappa shape index (κ1) is 16.4. The molecule has 1 atom stereocenters. The molecule has 134 valence electrons. The summed E-state index contributed by atoms with van der Waals surface area (Å²) in [5.74, 6) is -2.15. The first-order valence-corrected chi connectivity index (χ1v) is 8.41. The molecule has 1 amide bonds. The topological polar surface area (TPSA) is 77.7 Å². The minimum Gasteiger partial charge on any atom is -0.338 e. The van der Waals surface area contributed by atoms with Gasteiger partial charge in [0.05, 0.1) is 5.69 Å². The van der Waals surface area contributed by atoms with Gasteiger partial charge in [0.15, 0.2) is 11.6 Å². The van der Waals surface area contributed by atoms with Gasteiger partial charge in [-0.3, -0.25) is 15.0 Å². The minimum absolute atomic E-state index is 0.113. The predicted octanol–water partition coefficient (Wildman–Crippen LogP) is 3.10. The Balaban J connectivity index is 1.50. The van der Waals surface area contributed by atoms with Gasteiger partial charge in [-0.2, -0.15) is 10.2 Å². The number of aromatic nitrogens is 4. The van der Waals surface area contributed by atoms with Gasteiger partial charge in [-0.1, -0.05) is 0 Å². The van der Waals surface area contributed by atoms with Gasteiger partial charge in [0, 0.05) is 36.5 Å². The summed E-state index contributed by atoms with van der Waals surface area (Å²) in [6.07, 6.45) is 3.41. The molecule has 0 bridgehead atoms. The van der Waals surface area contributed by atoms with E-state index in [-0.39, 0.29) is 17.4 Å². The van der Waals surface area contributed by atoms with Crippen molar-refractivity contribution in [3.05, 3.63) is 59.4 Å². The Hall–Kier alpha value is -3.03. The van der Waals surface area contributed by atoms with Crippen LogP contribution in [0, 0.1) is 11.6 Å². The lowest BCUT2D eigenvalue weighted by Gasteiger charge is -2.32. The molecule has 3 heterocycles. The third-order valence-electron chi connectivity index (χ3n) is 4.69. The summed E-state index contributed by atoms with van der Waals surface area (Å²) >= 11 is 0. The SMILES string of the molecule is O=C(c1ccc(F)c(F)c1)N1CCCC(c2cc(-c3ccn[nH]3)n[nH]2)C1. The van der Waals surface area contributed by atoms with Crippen molar-refractivity contribution < 1.29 is 13.6 Å². The van der Waals surface area contributed by atoms with Crippen molar-refractivity contribution in [2.75, 3.05) is 13.1 Å². The predicted molar refractivity (Wildman–Crippen MR) is 90.4 cm³/mol. The molecule has 1 aliphatic rings. The van der Waals surface area contributed by atoms with Crippen molar-refractivity contribution in [1.29, 1.82) is 0 Å². The number of carbonyl (C=O) groups is 1. The minimum atomic E-state index is -1.01. The number of piperidine rings is 1. The molecule has 1 saturated heterocycles. The Labute approximate surface area is 148 Å². The maximum atomic E-state index is 13.4. The molecule has 26 heavy (non-hydrogen) atoms. The summed E-state index contributed by atoms with van der Waals surface area (Å²) in [4.78, 5) is 14.3. The normalized spacial score (nSPS) is 17.5. The van der Waals surface area contributed by atoms with Crippen LogP contribution in [0.5, 0.6) is 0 Å². The number of hydrogen-bond donors (Lipinski definition) is 2. The number of nitrogens with one attached hydrogen (secondary N) is 2. The standard InChI is InChI=1S/C18H17F2N5O/c19-13-4-3-11(8-14(13)20)18(26)25-7-1-2-12(10-25)16-9-17(24-23-16)15-5-6-21-22-15/h3-6,8-9,12H,1-2,7,10H2,(H,21,22)(H,23,24). The second kappa shape index (κ2) is 6.70. The van der Waals surface area contributed by atoms with Crippen LogP contribution in [-0.2, 0) is 0 Å². The Morgan fingerprint density at radius 3 is 2.81 bits per heavy atom. The maximum absolute atomic E-state index is 13.4. The summed E-state index contributed by atoms with van der Waals surface area (Å²) in [5.41, 5.74) is 2.68. The number of halogens is 2.